The molecule has 3 aromatic rings. The molecule has 2 aliphatic rings. The molecule has 0 saturated carbocycles. The summed E-state index contributed by atoms with van der Waals surface area (Å²) in [5, 5.41) is 10.8. The van der Waals surface area contributed by atoms with Crippen molar-refractivity contribution >= 4 is 17.3 Å². The van der Waals surface area contributed by atoms with Gasteiger partial charge in [0.25, 0.3) is 5.69 Å². The smallest absolute Gasteiger partial charge is 0.287 e. The third kappa shape index (κ3) is 5.78. The number of anilines is 1. The highest BCUT2D eigenvalue weighted by Gasteiger charge is 2.23. The first-order valence-corrected chi connectivity index (χ1v) is 12.3. The van der Waals surface area contributed by atoms with Crippen LogP contribution in [0.3, 0.4) is 0 Å². The molecule has 0 atom stereocenters. The van der Waals surface area contributed by atoms with Gasteiger partial charge in [0.2, 0.25) is 18.6 Å². The topological polar surface area (TPSA) is 111 Å². The number of fused-ring (bicyclic) bond motifs is 1. The molecule has 0 unspecified atom stereocenters. The van der Waals surface area contributed by atoms with Gasteiger partial charge in [-0.05, 0) is 48.4 Å². The van der Waals surface area contributed by atoms with E-state index in [0.29, 0.717) is 18.8 Å². The molecule has 1 fully saturated rings. The Balaban J connectivity index is 1.11. The van der Waals surface area contributed by atoms with Gasteiger partial charge in [0.1, 0.15) is 11.9 Å². The Hall–Kier alpha value is -4.38. The summed E-state index contributed by atoms with van der Waals surface area (Å²) in [6.45, 7) is 6.24. The van der Waals surface area contributed by atoms with Gasteiger partial charge in [-0.25, -0.2) is 4.98 Å². The molecule has 11 heteroatoms. The van der Waals surface area contributed by atoms with Crippen LogP contribution in [0.15, 0.2) is 54.7 Å². The number of ether oxygens (including phenoxy) is 3. The predicted octanol–water partition coefficient (Wildman–Crippen LogP) is 3.60. The standard InChI is InChI=1S/C27H29N5O6/c1-19-13-21(4-7-23(19)38-26-8-5-22(15-28-26)32(34)35)29(2)17-27(33)31-11-9-30(10-12-31)16-20-3-6-24-25(14-20)37-18-36-24/h3-8,13-15H,9-12,16-18H2,1-2H3. The van der Waals surface area contributed by atoms with Gasteiger partial charge in [-0.2, -0.15) is 0 Å². The van der Waals surface area contributed by atoms with E-state index in [9.17, 15) is 14.9 Å². The average Bonchev–Trinajstić information content (AvgIpc) is 3.38. The van der Waals surface area contributed by atoms with Crippen molar-refractivity contribution in [1.82, 2.24) is 14.8 Å². The zero-order chi connectivity index (χ0) is 26.6. The first kappa shape index (κ1) is 25.3. The maximum atomic E-state index is 13.0. The zero-order valence-electron chi connectivity index (χ0n) is 21.3. The number of carbonyl (C=O) groups excluding carboxylic acids is 1. The van der Waals surface area contributed by atoms with Crippen LogP contribution in [0.5, 0.6) is 23.1 Å². The SMILES string of the molecule is Cc1cc(N(C)CC(=O)N2CCN(Cc3ccc4c(c3)OCO4)CC2)ccc1Oc1ccc([N+](=O)[O-])cn1. The summed E-state index contributed by atoms with van der Waals surface area (Å²) in [4.78, 5) is 33.5. The third-order valence-electron chi connectivity index (χ3n) is 6.69. The highest BCUT2D eigenvalue weighted by molar-refractivity contribution is 5.81. The number of pyridine rings is 1. The molecule has 0 spiro atoms. The van der Waals surface area contributed by atoms with E-state index < -0.39 is 4.92 Å². The number of nitro groups is 1. The molecule has 3 heterocycles. The van der Waals surface area contributed by atoms with Gasteiger partial charge in [0.05, 0.1) is 11.5 Å². The summed E-state index contributed by atoms with van der Waals surface area (Å²) in [5.41, 5.74) is 2.82. The number of hydrogen-bond acceptors (Lipinski definition) is 9. The Morgan fingerprint density at radius 1 is 1.08 bits per heavy atom. The van der Waals surface area contributed by atoms with Crippen molar-refractivity contribution in [2.75, 3.05) is 51.5 Å². The van der Waals surface area contributed by atoms with Crippen LogP contribution in [0.2, 0.25) is 0 Å². The number of carbonyl (C=O) groups is 1. The van der Waals surface area contributed by atoms with Crippen LogP contribution >= 0.6 is 0 Å². The Bertz CT molecular complexity index is 1320. The van der Waals surface area contributed by atoms with Crippen LogP contribution in [0.25, 0.3) is 0 Å². The van der Waals surface area contributed by atoms with Crippen molar-refractivity contribution in [3.05, 3.63) is 76.0 Å². The number of piperazine rings is 1. The summed E-state index contributed by atoms with van der Waals surface area (Å²) in [7, 11) is 1.89. The van der Waals surface area contributed by atoms with E-state index in [2.05, 4.69) is 16.0 Å². The van der Waals surface area contributed by atoms with Gasteiger partial charge in [-0.1, -0.05) is 6.07 Å². The summed E-state index contributed by atoms with van der Waals surface area (Å²) in [5.74, 6) is 2.52. The molecular weight excluding hydrogens is 490 g/mol. The molecule has 0 N–H and O–H groups in total. The van der Waals surface area contributed by atoms with Gasteiger partial charge in [0, 0.05) is 57.6 Å². The Morgan fingerprint density at radius 2 is 1.87 bits per heavy atom. The van der Waals surface area contributed by atoms with Crippen molar-refractivity contribution in [1.29, 1.82) is 0 Å². The van der Waals surface area contributed by atoms with Crippen LogP contribution in [0, 0.1) is 17.0 Å². The number of benzene rings is 2. The fourth-order valence-corrected chi connectivity index (χ4v) is 4.49. The minimum Gasteiger partial charge on any atom is -0.454 e. The first-order valence-electron chi connectivity index (χ1n) is 12.3. The maximum Gasteiger partial charge on any atom is 0.287 e. The number of nitrogens with zero attached hydrogens (tertiary/aromatic N) is 5. The average molecular weight is 520 g/mol. The number of aryl methyl sites for hydroxylation is 1. The zero-order valence-corrected chi connectivity index (χ0v) is 21.3. The van der Waals surface area contributed by atoms with Crippen LogP contribution in [0.1, 0.15) is 11.1 Å². The van der Waals surface area contributed by atoms with E-state index in [4.69, 9.17) is 14.2 Å². The lowest BCUT2D eigenvalue weighted by atomic mass is 10.1. The van der Waals surface area contributed by atoms with E-state index in [1.807, 2.05) is 54.1 Å². The second-order valence-corrected chi connectivity index (χ2v) is 9.36. The molecule has 198 valence electrons. The molecule has 11 nitrogen and oxygen atoms in total. The summed E-state index contributed by atoms with van der Waals surface area (Å²) >= 11 is 0. The fraction of sp³-hybridized carbons (Fsp3) is 0.333. The van der Waals surface area contributed by atoms with Gasteiger partial charge in [-0.15, -0.1) is 0 Å². The predicted molar refractivity (Wildman–Crippen MR) is 140 cm³/mol. The molecule has 38 heavy (non-hydrogen) atoms. The van der Waals surface area contributed by atoms with Crippen molar-refractivity contribution in [2.24, 2.45) is 0 Å². The van der Waals surface area contributed by atoms with Crippen molar-refractivity contribution in [3.8, 4) is 23.1 Å². The van der Waals surface area contributed by atoms with Gasteiger partial charge in [0.15, 0.2) is 11.5 Å². The minimum atomic E-state index is -0.505. The van der Waals surface area contributed by atoms with Gasteiger partial charge >= 0.3 is 0 Å². The second kappa shape index (κ2) is 10.9. The Kier molecular flexibility index (Phi) is 7.27. The van der Waals surface area contributed by atoms with Gasteiger partial charge in [-0.3, -0.25) is 19.8 Å². The Morgan fingerprint density at radius 3 is 2.58 bits per heavy atom. The second-order valence-electron chi connectivity index (χ2n) is 9.36. The molecule has 1 aromatic heterocycles. The van der Waals surface area contributed by atoms with Crippen LogP contribution in [0.4, 0.5) is 11.4 Å². The molecule has 0 bridgehead atoms. The molecule has 0 radical (unpaired) electrons. The fourth-order valence-electron chi connectivity index (χ4n) is 4.49. The van der Waals surface area contributed by atoms with E-state index in [1.165, 1.54) is 17.7 Å². The molecule has 2 aliphatic heterocycles. The molecule has 0 aliphatic carbocycles. The number of amides is 1. The molecule has 5 rings (SSSR count). The Labute approximate surface area is 220 Å². The van der Waals surface area contributed by atoms with Crippen LogP contribution in [-0.4, -0.2) is 72.2 Å². The molecule has 1 saturated heterocycles. The maximum absolute atomic E-state index is 13.0. The van der Waals surface area contributed by atoms with Crippen molar-refractivity contribution in [2.45, 2.75) is 13.5 Å². The van der Waals surface area contributed by atoms with E-state index >= 15 is 0 Å². The lowest BCUT2D eigenvalue weighted by Gasteiger charge is -2.35. The summed E-state index contributed by atoms with van der Waals surface area (Å²) < 4.78 is 16.6. The normalized spacial score (nSPS) is 14.8. The lowest BCUT2D eigenvalue weighted by molar-refractivity contribution is -0.385. The van der Waals surface area contributed by atoms with E-state index in [1.54, 1.807) is 0 Å². The van der Waals surface area contributed by atoms with Crippen molar-refractivity contribution in [3.63, 3.8) is 0 Å². The third-order valence-corrected chi connectivity index (χ3v) is 6.69. The number of aromatic nitrogens is 1. The number of hydrogen-bond donors (Lipinski definition) is 0. The van der Waals surface area contributed by atoms with Crippen LogP contribution in [-0.2, 0) is 11.3 Å². The van der Waals surface area contributed by atoms with Gasteiger partial charge < -0.3 is 24.0 Å². The highest BCUT2D eigenvalue weighted by Crippen LogP contribution is 2.33. The minimum absolute atomic E-state index is 0.0864. The monoisotopic (exact) mass is 519 g/mol. The summed E-state index contributed by atoms with van der Waals surface area (Å²) in [6, 6.07) is 14.5. The highest BCUT2D eigenvalue weighted by atomic mass is 16.7. The summed E-state index contributed by atoms with van der Waals surface area (Å²) in [6.07, 6.45) is 1.16. The van der Waals surface area contributed by atoms with Crippen LogP contribution < -0.4 is 19.1 Å². The van der Waals surface area contributed by atoms with E-state index in [-0.39, 0.29) is 30.8 Å². The largest absolute Gasteiger partial charge is 0.454 e. The first-order chi connectivity index (χ1) is 18.4. The lowest BCUT2D eigenvalue weighted by Crippen LogP contribution is -2.50. The quantitative estimate of drug-likeness (QED) is 0.326. The number of rotatable bonds is 8. The van der Waals surface area contributed by atoms with E-state index in [0.717, 1.165) is 48.6 Å². The molecule has 2 aromatic carbocycles. The number of likely N-dealkylation sites (N-methyl/N-ethyl adjacent to an activating group) is 1. The molecular formula is C27H29N5O6. The molecule has 1 amide bonds. The van der Waals surface area contributed by atoms with Crippen molar-refractivity contribution < 1.29 is 23.9 Å².